The van der Waals surface area contributed by atoms with Crippen molar-refractivity contribution in [3.63, 3.8) is 0 Å². The summed E-state index contributed by atoms with van der Waals surface area (Å²) in [5, 5.41) is 12.5. The third kappa shape index (κ3) is 2.97. The SMILES string of the molecule is CN(Cc1cscn1)C(=O)c1ccc(F)c([N+](=O)[O-])c1. The molecular formula is C12H10FN3O3S. The highest BCUT2D eigenvalue weighted by Crippen LogP contribution is 2.19. The second-order valence-electron chi connectivity index (χ2n) is 4.06. The molecule has 6 nitrogen and oxygen atoms in total. The van der Waals surface area contributed by atoms with E-state index in [-0.39, 0.29) is 12.1 Å². The zero-order valence-corrected chi connectivity index (χ0v) is 11.3. The summed E-state index contributed by atoms with van der Waals surface area (Å²) in [6, 6.07) is 3.08. The Morgan fingerprint density at radius 2 is 2.30 bits per heavy atom. The third-order valence-electron chi connectivity index (χ3n) is 2.62. The number of nitro groups is 1. The lowest BCUT2D eigenvalue weighted by atomic mass is 10.1. The zero-order chi connectivity index (χ0) is 14.7. The number of carbonyl (C=O) groups is 1. The fourth-order valence-electron chi connectivity index (χ4n) is 1.64. The van der Waals surface area contributed by atoms with E-state index in [9.17, 15) is 19.3 Å². The highest BCUT2D eigenvalue weighted by molar-refractivity contribution is 7.07. The Hall–Kier alpha value is -2.35. The van der Waals surface area contributed by atoms with Crippen LogP contribution in [0, 0.1) is 15.9 Å². The molecule has 1 aromatic carbocycles. The van der Waals surface area contributed by atoms with Gasteiger partial charge in [-0.3, -0.25) is 14.9 Å². The van der Waals surface area contributed by atoms with Crippen molar-refractivity contribution in [1.29, 1.82) is 0 Å². The summed E-state index contributed by atoms with van der Waals surface area (Å²) in [5.41, 5.74) is 1.73. The van der Waals surface area contributed by atoms with Crippen molar-refractivity contribution in [3.05, 3.63) is 56.3 Å². The summed E-state index contributed by atoms with van der Waals surface area (Å²) in [4.78, 5) is 27.3. The number of hydrogen-bond donors (Lipinski definition) is 0. The first kappa shape index (κ1) is 14.1. The Bertz CT molecular complexity index is 645. The van der Waals surface area contributed by atoms with Crippen molar-refractivity contribution in [2.75, 3.05) is 7.05 Å². The summed E-state index contributed by atoms with van der Waals surface area (Å²) >= 11 is 1.41. The number of carbonyl (C=O) groups excluding carboxylic acids is 1. The molecule has 2 aromatic rings. The van der Waals surface area contributed by atoms with Gasteiger partial charge in [-0.2, -0.15) is 4.39 Å². The van der Waals surface area contributed by atoms with Crippen LogP contribution >= 0.6 is 11.3 Å². The normalized spacial score (nSPS) is 10.3. The van der Waals surface area contributed by atoms with E-state index in [1.54, 1.807) is 17.9 Å². The molecule has 0 saturated heterocycles. The van der Waals surface area contributed by atoms with E-state index < -0.39 is 22.3 Å². The van der Waals surface area contributed by atoms with E-state index in [1.165, 1.54) is 22.3 Å². The minimum atomic E-state index is -0.964. The van der Waals surface area contributed by atoms with Crippen LogP contribution in [0.4, 0.5) is 10.1 Å². The minimum absolute atomic E-state index is 0.0656. The summed E-state index contributed by atoms with van der Waals surface area (Å²) in [5.74, 6) is -1.39. The molecule has 0 aliphatic carbocycles. The first-order chi connectivity index (χ1) is 9.49. The molecule has 0 bridgehead atoms. The van der Waals surface area contributed by atoms with Crippen LogP contribution in [0.5, 0.6) is 0 Å². The Morgan fingerprint density at radius 1 is 1.55 bits per heavy atom. The lowest BCUT2D eigenvalue weighted by Crippen LogP contribution is -2.26. The Morgan fingerprint density at radius 3 is 2.90 bits per heavy atom. The molecule has 8 heteroatoms. The number of thiazole rings is 1. The van der Waals surface area contributed by atoms with E-state index in [0.29, 0.717) is 0 Å². The van der Waals surface area contributed by atoms with Crippen LogP contribution < -0.4 is 0 Å². The minimum Gasteiger partial charge on any atom is -0.336 e. The predicted octanol–water partition coefficient (Wildman–Crippen LogP) is 2.46. The smallest absolute Gasteiger partial charge is 0.305 e. The topological polar surface area (TPSA) is 76.3 Å². The van der Waals surface area contributed by atoms with Crippen molar-refractivity contribution >= 4 is 22.9 Å². The second-order valence-corrected chi connectivity index (χ2v) is 4.78. The van der Waals surface area contributed by atoms with E-state index >= 15 is 0 Å². The molecule has 0 atom stereocenters. The molecule has 1 aromatic heterocycles. The van der Waals surface area contributed by atoms with Crippen LogP contribution in [-0.4, -0.2) is 27.8 Å². The molecule has 0 saturated carbocycles. The fraction of sp³-hybridized carbons (Fsp3) is 0.167. The molecule has 2 rings (SSSR count). The van der Waals surface area contributed by atoms with Gasteiger partial charge in [0.05, 0.1) is 22.7 Å². The number of nitrogens with zero attached hydrogens (tertiary/aromatic N) is 3. The fourth-order valence-corrected chi connectivity index (χ4v) is 2.19. The lowest BCUT2D eigenvalue weighted by molar-refractivity contribution is -0.387. The van der Waals surface area contributed by atoms with E-state index in [2.05, 4.69) is 4.98 Å². The van der Waals surface area contributed by atoms with Gasteiger partial charge < -0.3 is 4.90 Å². The summed E-state index contributed by atoms with van der Waals surface area (Å²) in [6.07, 6.45) is 0. The Balaban J connectivity index is 2.20. The summed E-state index contributed by atoms with van der Waals surface area (Å²) < 4.78 is 13.2. The monoisotopic (exact) mass is 295 g/mol. The Labute approximate surface area is 117 Å². The maximum atomic E-state index is 13.2. The maximum Gasteiger partial charge on any atom is 0.305 e. The first-order valence-electron chi connectivity index (χ1n) is 5.55. The van der Waals surface area contributed by atoms with Gasteiger partial charge in [-0.15, -0.1) is 11.3 Å². The molecule has 104 valence electrons. The van der Waals surface area contributed by atoms with Crippen molar-refractivity contribution in [2.24, 2.45) is 0 Å². The summed E-state index contributed by atoms with van der Waals surface area (Å²) in [7, 11) is 1.55. The van der Waals surface area contributed by atoms with Gasteiger partial charge in [-0.25, -0.2) is 4.98 Å². The number of benzene rings is 1. The highest BCUT2D eigenvalue weighted by atomic mass is 32.1. The number of aromatic nitrogens is 1. The van der Waals surface area contributed by atoms with Gasteiger partial charge in [0.25, 0.3) is 5.91 Å². The van der Waals surface area contributed by atoms with Crippen LogP contribution in [0.1, 0.15) is 16.1 Å². The molecule has 1 heterocycles. The van der Waals surface area contributed by atoms with Gasteiger partial charge in [0.2, 0.25) is 5.82 Å². The molecule has 0 aliphatic heterocycles. The predicted molar refractivity (Wildman–Crippen MR) is 71.0 cm³/mol. The standard InChI is InChI=1S/C12H10FN3O3S/c1-15(5-9-6-20-7-14-9)12(17)8-2-3-10(13)11(4-8)16(18)19/h2-4,6-7H,5H2,1H3. The summed E-state index contributed by atoms with van der Waals surface area (Å²) in [6.45, 7) is 0.285. The Kier molecular flexibility index (Phi) is 4.04. The maximum absolute atomic E-state index is 13.2. The number of halogens is 1. The van der Waals surface area contributed by atoms with Gasteiger partial charge in [0.1, 0.15) is 0 Å². The van der Waals surface area contributed by atoms with E-state index in [0.717, 1.165) is 17.8 Å². The van der Waals surface area contributed by atoms with Crippen LogP contribution in [0.2, 0.25) is 0 Å². The molecule has 20 heavy (non-hydrogen) atoms. The van der Waals surface area contributed by atoms with E-state index in [1.807, 2.05) is 0 Å². The molecule has 0 aliphatic rings. The van der Waals surface area contributed by atoms with Gasteiger partial charge >= 0.3 is 5.69 Å². The first-order valence-corrected chi connectivity index (χ1v) is 6.50. The quantitative estimate of drug-likeness (QED) is 0.641. The van der Waals surface area contributed by atoms with Crippen molar-refractivity contribution in [2.45, 2.75) is 6.54 Å². The number of amides is 1. The zero-order valence-electron chi connectivity index (χ0n) is 10.4. The molecule has 1 amide bonds. The van der Waals surface area contributed by atoms with Gasteiger partial charge in [0.15, 0.2) is 0 Å². The molecule has 0 fully saturated rings. The average molecular weight is 295 g/mol. The number of nitro benzene ring substituents is 1. The van der Waals surface area contributed by atoms with Crippen LogP contribution in [0.3, 0.4) is 0 Å². The van der Waals surface area contributed by atoms with Crippen LogP contribution in [0.15, 0.2) is 29.1 Å². The second kappa shape index (κ2) is 5.74. The molecule has 0 unspecified atom stereocenters. The molecule has 0 radical (unpaired) electrons. The number of hydrogen-bond acceptors (Lipinski definition) is 5. The third-order valence-corrected chi connectivity index (χ3v) is 3.25. The molecule has 0 spiro atoms. The molecule has 0 N–H and O–H groups in total. The van der Waals surface area contributed by atoms with Gasteiger partial charge in [-0.05, 0) is 12.1 Å². The van der Waals surface area contributed by atoms with Gasteiger partial charge in [0, 0.05) is 24.1 Å². The van der Waals surface area contributed by atoms with Crippen molar-refractivity contribution in [1.82, 2.24) is 9.88 Å². The van der Waals surface area contributed by atoms with Crippen LogP contribution in [0.25, 0.3) is 0 Å². The van der Waals surface area contributed by atoms with Gasteiger partial charge in [-0.1, -0.05) is 0 Å². The largest absolute Gasteiger partial charge is 0.336 e. The molecular weight excluding hydrogens is 285 g/mol. The lowest BCUT2D eigenvalue weighted by Gasteiger charge is -2.15. The van der Waals surface area contributed by atoms with Crippen molar-refractivity contribution < 1.29 is 14.1 Å². The highest BCUT2D eigenvalue weighted by Gasteiger charge is 2.19. The van der Waals surface area contributed by atoms with Crippen LogP contribution in [-0.2, 0) is 6.54 Å². The number of rotatable bonds is 4. The van der Waals surface area contributed by atoms with E-state index in [4.69, 9.17) is 0 Å². The van der Waals surface area contributed by atoms with Crippen molar-refractivity contribution in [3.8, 4) is 0 Å². The average Bonchev–Trinajstić information content (AvgIpc) is 2.91.